The first-order valence-corrected chi connectivity index (χ1v) is 7.08. The van der Waals surface area contributed by atoms with Crippen LogP contribution in [0.1, 0.15) is 10.5 Å². The van der Waals surface area contributed by atoms with E-state index in [0.717, 1.165) is 0 Å². The number of nitrogens with two attached hydrogens (primary N) is 1. The molecule has 0 atom stereocenters. The number of aromatic nitrogens is 2. The Balaban J connectivity index is 2.21. The number of nitrogens with zero attached hydrogens (tertiary/aromatic N) is 2. The fraction of sp³-hybridized carbons (Fsp3) is 0. The van der Waals surface area contributed by atoms with E-state index in [1.54, 1.807) is 24.3 Å². The fourth-order valence-corrected chi connectivity index (χ4v) is 2.79. The molecule has 1 aliphatic carbocycles. The first kappa shape index (κ1) is 14.0. The number of carboxylic acids is 1. The monoisotopic (exact) mass is 318 g/mol. The Morgan fingerprint density at radius 2 is 2.08 bits per heavy atom. The Bertz CT molecular complexity index is 1130. The molecular formula is C17H10N4O3-2. The predicted octanol–water partition coefficient (Wildman–Crippen LogP) is 1.34. The van der Waals surface area contributed by atoms with E-state index < -0.39 is 5.97 Å². The summed E-state index contributed by atoms with van der Waals surface area (Å²) < 4.78 is 5.81. The molecule has 0 spiro atoms. The topological polar surface area (TPSA) is 130 Å². The van der Waals surface area contributed by atoms with Crippen molar-refractivity contribution in [3.63, 3.8) is 0 Å². The number of aromatic carboxylic acids is 1. The molecule has 1 aromatic carbocycles. The lowest BCUT2D eigenvalue weighted by Gasteiger charge is -2.16. The van der Waals surface area contributed by atoms with Crippen LogP contribution in [0.3, 0.4) is 0 Å². The molecule has 0 bridgehead atoms. The van der Waals surface area contributed by atoms with Crippen molar-refractivity contribution in [2.24, 2.45) is 0 Å². The third-order valence-electron chi connectivity index (χ3n) is 3.81. The van der Waals surface area contributed by atoms with Gasteiger partial charge in [-0.05, 0) is 18.2 Å². The molecule has 0 amide bonds. The summed E-state index contributed by atoms with van der Waals surface area (Å²) in [6, 6.07) is 9.66. The van der Waals surface area contributed by atoms with Gasteiger partial charge in [-0.2, -0.15) is 5.36 Å². The fourth-order valence-electron chi connectivity index (χ4n) is 2.79. The SMILES string of the molecule is [N-]=c1ccc2c(-c3nc[nH]c3C(=O)[O-])c3ccc(N)cc3oc-2c1. The first-order chi connectivity index (χ1) is 11.5. The molecule has 7 nitrogen and oxygen atoms in total. The van der Waals surface area contributed by atoms with Crippen molar-refractivity contribution in [1.29, 1.82) is 0 Å². The highest BCUT2D eigenvalue weighted by Gasteiger charge is 2.20. The Kier molecular flexibility index (Phi) is 2.89. The van der Waals surface area contributed by atoms with Crippen LogP contribution in [-0.4, -0.2) is 15.9 Å². The molecule has 0 saturated heterocycles. The number of nitrogen functional groups attached to an aromatic ring is 1. The lowest BCUT2D eigenvalue weighted by Crippen LogP contribution is -2.23. The van der Waals surface area contributed by atoms with E-state index in [1.807, 2.05) is 0 Å². The van der Waals surface area contributed by atoms with E-state index >= 15 is 0 Å². The van der Waals surface area contributed by atoms with Gasteiger partial charge in [-0.15, -0.1) is 0 Å². The van der Waals surface area contributed by atoms with Crippen LogP contribution < -0.4 is 16.2 Å². The largest absolute Gasteiger partial charge is 0.804 e. The van der Waals surface area contributed by atoms with Crippen molar-refractivity contribution in [2.45, 2.75) is 0 Å². The van der Waals surface area contributed by atoms with Gasteiger partial charge in [-0.3, -0.25) is 0 Å². The number of rotatable bonds is 2. The molecule has 2 heterocycles. The normalized spacial score (nSPS) is 11.2. The molecule has 24 heavy (non-hydrogen) atoms. The number of carbonyl (C=O) groups is 1. The zero-order valence-corrected chi connectivity index (χ0v) is 12.2. The van der Waals surface area contributed by atoms with E-state index in [4.69, 9.17) is 10.2 Å². The maximum Gasteiger partial charge on any atom is 0.137 e. The summed E-state index contributed by atoms with van der Waals surface area (Å²) in [5.74, 6) is -0.978. The summed E-state index contributed by atoms with van der Waals surface area (Å²) in [6.07, 6.45) is 1.29. The average Bonchev–Trinajstić information content (AvgIpc) is 3.01. The number of hydrogen-bond acceptors (Lipinski definition) is 5. The van der Waals surface area contributed by atoms with E-state index in [9.17, 15) is 15.3 Å². The van der Waals surface area contributed by atoms with Crippen LogP contribution in [0.2, 0.25) is 0 Å². The van der Waals surface area contributed by atoms with Gasteiger partial charge < -0.3 is 30.4 Å². The van der Waals surface area contributed by atoms with Crippen molar-refractivity contribution in [1.82, 2.24) is 9.97 Å². The Hall–Kier alpha value is -3.61. The quantitative estimate of drug-likeness (QED) is 0.425. The molecule has 0 saturated carbocycles. The van der Waals surface area contributed by atoms with Gasteiger partial charge in [-0.1, -0.05) is 12.1 Å². The molecule has 0 unspecified atom stereocenters. The number of anilines is 1. The van der Waals surface area contributed by atoms with Crippen molar-refractivity contribution in [2.75, 3.05) is 5.73 Å². The smallest absolute Gasteiger partial charge is 0.137 e. The lowest BCUT2D eigenvalue weighted by molar-refractivity contribution is -0.255. The number of imidazole rings is 1. The minimum Gasteiger partial charge on any atom is -0.804 e. The minimum absolute atomic E-state index is 0.0302. The van der Waals surface area contributed by atoms with E-state index in [1.165, 1.54) is 18.5 Å². The third-order valence-corrected chi connectivity index (χ3v) is 3.81. The maximum atomic E-state index is 11.4. The zero-order valence-electron chi connectivity index (χ0n) is 12.2. The zero-order chi connectivity index (χ0) is 16.8. The Morgan fingerprint density at radius 3 is 2.88 bits per heavy atom. The molecule has 1 aliphatic heterocycles. The van der Waals surface area contributed by atoms with E-state index in [-0.39, 0.29) is 16.7 Å². The first-order valence-electron chi connectivity index (χ1n) is 7.08. The molecule has 0 fully saturated rings. The molecule has 2 aromatic rings. The number of hydrogen-bond donors (Lipinski definition) is 2. The van der Waals surface area contributed by atoms with Gasteiger partial charge in [0.2, 0.25) is 0 Å². The summed E-state index contributed by atoms with van der Waals surface area (Å²) in [5.41, 5.74) is 8.04. The second-order valence-electron chi connectivity index (χ2n) is 5.33. The highest BCUT2D eigenvalue weighted by Crippen LogP contribution is 2.40. The molecular weight excluding hydrogens is 308 g/mol. The molecule has 1 aromatic heterocycles. The summed E-state index contributed by atoms with van der Waals surface area (Å²) in [7, 11) is 0. The van der Waals surface area contributed by atoms with Gasteiger partial charge >= 0.3 is 0 Å². The predicted molar refractivity (Wildman–Crippen MR) is 85.7 cm³/mol. The summed E-state index contributed by atoms with van der Waals surface area (Å²) in [6.45, 7) is 0. The van der Waals surface area contributed by atoms with Gasteiger partial charge in [0.25, 0.3) is 0 Å². The number of nitrogens with one attached hydrogen (secondary N) is 1. The van der Waals surface area contributed by atoms with Crippen LogP contribution in [0.5, 0.6) is 0 Å². The second kappa shape index (κ2) is 4.95. The van der Waals surface area contributed by atoms with Gasteiger partial charge in [-0.25, -0.2) is 4.98 Å². The Morgan fingerprint density at radius 1 is 1.25 bits per heavy atom. The lowest BCUT2D eigenvalue weighted by atomic mass is 9.96. The second-order valence-corrected chi connectivity index (χ2v) is 5.33. The molecule has 0 radical (unpaired) electrons. The molecule has 118 valence electrons. The molecule has 2 aliphatic rings. The minimum atomic E-state index is -1.36. The summed E-state index contributed by atoms with van der Waals surface area (Å²) >= 11 is 0. The highest BCUT2D eigenvalue weighted by molar-refractivity contribution is 6.05. The van der Waals surface area contributed by atoms with E-state index in [0.29, 0.717) is 33.5 Å². The van der Waals surface area contributed by atoms with Crippen LogP contribution >= 0.6 is 0 Å². The van der Waals surface area contributed by atoms with Gasteiger partial charge in [0.1, 0.15) is 11.3 Å². The molecule has 7 heteroatoms. The van der Waals surface area contributed by atoms with Gasteiger partial charge in [0.05, 0.1) is 23.7 Å². The number of carbonyl (C=O) groups excluding carboxylic acids is 1. The van der Waals surface area contributed by atoms with Gasteiger partial charge in [0.15, 0.2) is 0 Å². The molecule has 3 N–H and O–H groups in total. The highest BCUT2D eigenvalue weighted by atomic mass is 16.4. The standard InChI is InChI=1S/C17H11N4O3/c18-8-1-3-10-12(5-8)24-13-6-9(19)2-4-11(13)14(10)15-16(17(22)23)21-7-20-15/h1-7H,18H2,(H,20,21)(H,22,23)/q-1/p-1. The third kappa shape index (κ3) is 2.03. The van der Waals surface area contributed by atoms with Crippen molar-refractivity contribution in [3.05, 3.63) is 59.2 Å². The number of fused-ring (bicyclic) bond motifs is 2. The van der Waals surface area contributed by atoms with Crippen molar-refractivity contribution in [3.8, 4) is 22.6 Å². The summed E-state index contributed by atoms with van der Waals surface area (Å²) in [4.78, 5) is 18.1. The van der Waals surface area contributed by atoms with Crippen molar-refractivity contribution >= 4 is 22.6 Å². The number of H-pyrrole nitrogens is 1. The number of carboxylic acid groups (broad SMARTS) is 1. The maximum absolute atomic E-state index is 11.4. The van der Waals surface area contributed by atoms with Crippen LogP contribution in [0.25, 0.3) is 39.0 Å². The Labute approximate surface area is 135 Å². The molecule has 4 rings (SSSR count). The van der Waals surface area contributed by atoms with Crippen LogP contribution in [0.15, 0.2) is 47.1 Å². The summed E-state index contributed by atoms with van der Waals surface area (Å²) in [5, 5.41) is 21.8. The van der Waals surface area contributed by atoms with E-state index in [2.05, 4.69) is 9.97 Å². The van der Waals surface area contributed by atoms with Crippen LogP contribution in [-0.2, 0) is 0 Å². The van der Waals surface area contributed by atoms with Crippen LogP contribution in [0, 0.1) is 0 Å². The number of benzene rings is 2. The average molecular weight is 318 g/mol. The van der Waals surface area contributed by atoms with Gasteiger partial charge in [0, 0.05) is 28.3 Å². The van der Waals surface area contributed by atoms with Crippen molar-refractivity contribution < 1.29 is 14.3 Å². The number of aromatic amines is 1. The van der Waals surface area contributed by atoms with Crippen LogP contribution in [0.4, 0.5) is 5.69 Å².